The second-order valence-electron chi connectivity index (χ2n) is 10.5. The number of carbonyl (C=O) groups excluding carboxylic acids is 3. The largest absolute Gasteiger partial charge is 0.444 e. The van der Waals surface area contributed by atoms with Gasteiger partial charge in [-0.25, -0.2) is 4.79 Å². The van der Waals surface area contributed by atoms with E-state index in [9.17, 15) is 14.4 Å². The molecule has 3 amide bonds. The van der Waals surface area contributed by atoms with Gasteiger partial charge < -0.3 is 25.2 Å². The number of carbonyl (C=O) groups is 3. The van der Waals surface area contributed by atoms with Gasteiger partial charge in [-0.1, -0.05) is 30.3 Å². The fourth-order valence-electron chi connectivity index (χ4n) is 4.67. The molecule has 0 radical (unpaired) electrons. The number of hydrogen-bond acceptors (Lipinski definition) is 5. The Morgan fingerprint density at radius 1 is 0.972 bits per heavy atom. The van der Waals surface area contributed by atoms with Gasteiger partial charge in [-0.15, -0.1) is 0 Å². The third-order valence-corrected chi connectivity index (χ3v) is 6.64. The minimum Gasteiger partial charge on any atom is -0.444 e. The molecule has 2 saturated heterocycles. The second-order valence-corrected chi connectivity index (χ2v) is 10.5. The number of ether oxygens (including phenoxy) is 1. The van der Waals surface area contributed by atoms with Gasteiger partial charge in [0, 0.05) is 44.0 Å². The van der Waals surface area contributed by atoms with Crippen molar-refractivity contribution in [2.75, 3.05) is 29.9 Å². The Labute approximate surface area is 213 Å². The number of anilines is 2. The lowest BCUT2D eigenvalue weighted by Crippen LogP contribution is -2.59. The summed E-state index contributed by atoms with van der Waals surface area (Å²) >= 11 is 0. The van der Waals surface area contributed by atoms with Crippen LogP contribution in [0.25, 0.3) is 0 Å². The third kappa shape index (κ3) is 6.17. The molecule has 0 spiro atoms. The Hall–Kier alpha value is -3.55. The smallest absolute Gasteiger partial charge is 0.410 e. The van der Waals surface area contributed by atoms with Crippen LogP contribution in [0.5, 0.6) is 0 Å². The van der Waals surface area contributed by atoms with Crippen molar-refractivity contribution in [1.29, 1.82) is 0 Å². The van der Waals surface area contributed by atoms with Crippen LogP contribution in [0.4, 0.5) is 16.2 Å². The van der Waals surface area contributed by atoms with Gasteiger partial charge in [-0.3, -0.25) is 9.59 Å². The fraction of sp³-hybridized carbons (Fsp3) is 0.464. The highest BCUT2D eigenvalue weighted by Crippen LogP contribution is 2.29. The maximum Gasteiger partial charge on any atom is 0.410 e. The van der Waals surface area contributed by atoms with E-state index in [1.807, 2.05) is 75.4 Å². The van der Waals surface area contributed by atoms with E-state index in [2.05, 4.69) is 10.6 Å². The van der Waals surface area contributed by atoms with Crippen molar-refractivity contribution in [3.8, 4) is 0 Å². The highest BCUT2D eigenvalue weighted by Gasteiger charge is 2.43. The number of likely N-dealkylation sites (tertiary alicyclic amines) is 1. The lowest BCUT2D eigenvalue weighted by molar-refractivity contribution is -0.127. The molecule has 192 valence electrons. The van der Waals surface area contributed by atoms with E-state index in [1.165, 1.54) is 0 Å². The summed E-state index contributed by atoms with van der Waals surface area (Å²) in [4.78, 5) is 41.6. The first-order valence-electron chi connectivity index (χ1n) is 12.6. The van der Waals surface area contributed by atoms with Crippen LogP contribution in [0.3, 0.4) is 0 Å². The molecule has 8 heteroatoms. The van der Waals surface area contributed by atoms with Crippen molar-refractivity contribution >= 4 is 29.3 Å². The molecule has 2 N–H and O–H groups in total. The monoisotopic (exact) mass is 492 g/mol. The molecule has 0 unspecified atom stereocenters. The average molecular weight is 493 g/mol. The Kier molecular flexibility index (Phi) is 7.52. The van der Waals surface area contributed by atoms with Gasteiger partial charge in [-0.05, 0) is 69.9 Å². The summed E-state index contributed by atoms with van der Waals surface area (Å²) in [5.41, 5.74) is 1.30. The van der Waals surface area contributed by atoms with Crippen LogP contribution in [-0.2, 0) is 20.9 Å². The number of para-hydroxylation sites is 1. The molecule has 2 aromatic rings. The highest BCUT2D eigenvalue weighted by molar-refractivity contribution is 5.95. The van der Waals surface area contributed by atoms with Gasteiger partial charge >= 0.3 is 6.09 Å². The number of benzene rings is 2. The first kappa shape index (κ1) is 25.5. The molecular formula is C28H36N4O4. The maximum atomic E-state index is 13.6. The second kappa shape index (κ2) is 10.6. The van der Waals surface area contributed by atoms with Crippen molar-refractivity contribution in [1.82, 2.24) is 10.2 Å². The van der Waals surface area contributed by atoms with Crippen molar-refractivity contribution < 1.29 is 19.1 Å². The van der Waals surface area contributed by atoms with Gasteiger partial charge in [0.15, 0.2) is 0 Å². The van der Waals surface area contributed by atoms with Gasteiger partial charge in [0.2, 0.25) is 11.8 Å². The number of nitrogens with zero attached hydrogens (tertiary/aromatic N) is 2. The zero-order valence-corrected chi connectivity index (χ0v) is 21.4. The predicted molar refractivity (Wildman–Crippen MR) is 140 cm³/mol. The van der Waals surface area contributed by atoms with Crippen LogP contribution < -0.4 is 15.5 Å². The first-order chi connectivity index (χ1) is 17.2. The summed E-state index contributed by atoms with van der Waals surface area (Å²) < 4.78 is 5.52. The van der Waals surface area contributed by atoms with Crippen molar-refractivity contribution in [3.63, 3.8) is 0 Å². The van der Waals surface area contributed by atoms with Gasteiger partial charge in [0.05, 0.1) is 0 Å². The summed E-state index contributed by atoms with van der Waals surface area (Å²) in [6.45, 7) is 7.50. The van der Waals surface area contributed by atoms with E-state index in [1.54, 1.807) is 9.80 Å². The molecule has 4 rings (SSSR count). The lowest BCUT2D eigenvalue weighted by atomic mass is 9.86. The Balaban J connectivity index is 1.42. The fourth-order valence-corrected chi connectivity index (χ4v) is 4.67. The maximum absolute atomic E-state index is 13.6. The molecule has 2 aliphatic heterocycles. The van der Waals surface area contributed by atoms with Crippen LogP contribution in [0.2, 0.25) is 0 Å². The number of nitrogens with one attached hydrogen (secondary N) is 2. The minimum absolute atomic E-state index is 0.103. The van der Waals surface area contributed by atoms with Gasteiger partial charge in [0.1, 0.15) is 11.1 Å². The predicted octanol–water partition coefficient (Wildman–Crippen LogP) is 4.31. The average Bonchev–Trinajstić information content (AvgIpc) is 3.28. The number of rotatable bonds is 6. The van der Waals surface area contributed by atoms with E-state index in [-0.39, 0.29) is 17.9 Å². The molecule has 0 atom stereocenters. The molecule has 2 aliphatic rings. The van der Waals surface area contributed by atoms with Crippen molar-refractivity contribution in [3.05, 3.63) is 60.2 Å². The van der Waals surface area contributed by atoms with Crippen LogP contribution in [0, 0.1) is 0 Å². The topological polar surface area (TPSA) is 91.0 Å². The summed E-state index contributed by atoms with van der Waals surface area (Å²) in [5.74, 6) is 0.0525. The zero-order chi connectivity index (χ0) is 25.8. The Morgan fingerprint density at radius 3 is 2.22 bits per heavy atom. The summed E-state index contributed by atoms with van der Waals surface area (Å²) in [6, 6.07) is 17.4. The van der Waals surface area contributed by atoms with E-state index in [0.29, 0.717) is 38.9 Å². The summed E-state index contributed by atoms with van der Waals surface area (Å²) in [5, 5.41) is 6.55. The number of piperidine rings is 1. The van der Waals surface area contributed by atoms with Gasteiger partial charge in [-0.2, -0.15) is 0 Å². The van der Waals surface area contributed by atoms with E-state index in [4.69, 9.17) is 4.74 Å². The molecule has 0 aromatic heterocycles. The SMILES string of the molecule is CC(C)(C)OC(=O)N1CCC(Nc2ccccc2)(C(=O)NCc2ccc(N3CCCC3=O)cc2)CC1. The van der Waals surface area contributed by atoms with E-state index < -0.39 is 11.1 Å². The molecular weight excluding hydrogens is 456 g/mol. The van der Waals surface area contributed by atoms with Crippen molar-refractivity contribution in [2.45, 2.75) is 64.1 Å². The Morgan fingerprint density at radius 2 is 1.64 bits per heavy atom. The lowest BCUT2D eigenvalue weighted by Gasteiger charge is -2.41. The molecule has 8 nitrogen and oxygen atoms in total. The van der Waals surface area contributed by atoms with E-state index >= 15 is 0 Å². The summed E-state index contributed by atoms with van der Waals surface area (Å²) in [6.07, 6.45) is 2.05. The Bertz CT molecular complexity index is 1070. The molecule has 0 saturated carbocycles. The minimum atomic E-state index is -0.845. The van der Waals surface area contributed by atoms with Crippen LogP contribution in [0.1, 0.15) is 52.0 Å². The molecule has 2 aromatic carbocycles. The molecule has 0 bridgehead atoms. The molecule has 2 fully saturated rings. The number of hydrogen-bond donors (Lipinski definition) is 2. The molecule has 0 aliphatic carbocycles. The first-order valence-corrected chi connectivity index (χ1v) is 12.6. The van der Waals surface area contributed by atoms with Crippen LogP contribution >= 0.6 is 0 Å². The van der Waals surface area contributed by atoms with Crippen LogP contribution in [-0.4, -0.2) is 53.6 Å². The van der Waals surface area contributed by atoms with Crippen LogP contribution in [0.15, 0.2) is 54.6 Å². The van der Waals surface area contributed by atoms with E-state index in [0.717, 1.165) is 29.9 Å². The standard InChI is InChI=1S/C28H36N4O4/c1-27(2,3)36-26(35)31-18-15-28(16-19-31,30-22-8-5-4-6-9-22)25(34)29-20-21-11-13-23(14-12-21)32-17-7-10-24(32)33/h4-6,8-9,11-14,30H,7,10,15-20H2,1-3H3,(H,29,34). The van der Waals surface area contributed by atoms with Crippen molar-refractivity contribution in [2.24, 2.45) is 0 Å². The molecule has 2 heterocycles. The third-order valence-electron chi connectivity index (χ3n) is 6.64. The zero-order valence-electron chi connectivity index (χ0n) is 21.4. The highest BCUT2D eigenvalue weighted by atomic mass is 16.6. The van der Waals surface area contributed by atoms with Gasteiger partial charge in [0.25, 0.3) is 0 Å². The quantitative estimate of drug-likeness (QED) is 0.627. The normalized spacial score (nSPS) is 17.6. The summed E-state index contributed by atoms with van der Waals surface area (Å²) in [7, 11) is 0. The molecule has 36 heavy (non-hydrogen) atoms. The number of amides is 3.